The predicted molar refractivity (Wildman–Crippen MR) is 51.2 cm³/mol. The molecule has 1 aliphatic rings. The Morgan fingerprint density at radius 2 is 2.15 bits per heavy atom. The summed E-state index contributed by atoms with van der Waals surface area (Å²) >= 11 is 0. The van der Waals surface area contributed by atoms with Gasteiger partial charge in [-0.15, -0.1) is 0 Å². The molecule has 0 amide bonds. The molecule has 2 N–H and O–H groups in total. The van der Waals surface area contributed by atoms with E-state index in [0.717, 1.165) is 18.1 Å². The summed E-state index contributed by atoms with van der Waals surface area (Å²) < 4.78 is 5.09. The summed E-state index contributed by atoms with van der Waals surface area (Å²) in [7, 11) is 0. The predicted octanol–water partition coefficient (Wildman–Crippen LogP) is 2.38. The fraction of sp³-hybridized carbons (Fsp3) is 0.700. The third-order valence-corrected chi connectivity index (χ3v) is 2.79. The third-order valence-electron chi connectivity index (χ3n) is 2.79. The number of nitrogens with zero attached hydrogens (tertiary/aromatic N) is 1. The van der Waals surface area contributed by atoms with Gasteiger partial charge in [0.1, 0.15) is 5.76 Å². The lowest BCUT2D eigenvalue weighted by Gasteiger charge is -2.19. The van der Waals surface area contributed by atoms with Crippen LogP contribution in [0.5, 0.6) is 0 Å². The molecule has 2 rings (SSSR count). The van der Waals surface area contributed by atoms with E-state index in [0.29, 0.717) is 5.82 Å². The van der Waals surface area contributed by atoms with E-state index in [1.165, 1.54) is 32.1 Å². The molecule has 0 bridgehead atoms. The zero-order valence-electron chi connectivity index (χ0n) is 7.83. The summed E-state index contributed by atoms with van der Waals surface area (Å²) in [5, 5.41) is 3.68. The molecule has 13 heavy (non-hydrogen) atoms. The quantitative estimate of drug-likeness (QED) is 0.760. The lowest BCUT2D eigenvalue weighted by atomic mass is 9.86. The van der Waals surface area contributed by atoms with Crippen molar-refractivity contribution >= 4 is 5.82 Å². The number of anilines is 1. The maximum Gasteiger partial charge on any atom is 0.167 e. The van der Waals surface area contributed by atoms with Crippen molar-refractivity contribution in [2.75, 3.05) is 5.73 Å². The second-order valence-corrected chi connectivity index (χ2v) is 3.93. The van der Waals surface area contributed by atoms with Gasteiger partial charge in [-0.25, -0.2) is 0 Å². The highest BCUT2D eigenvalue weighted by atomic mass is 16.5. The Labute approximate surface area is 78.3 Å². The van der Waals surface area contributed by atoms with E-state index in [2.05, 4.69) is 5.16 Å². The summed E-state index contributed by atoms with van der Waals surface area (Å²) in [6, 6.07) is 1.84. The maximum atomic E-state index is 5.48. The molecule has 0 aromatic carbocycles. The van der Waals surface area contributed by atoms with Crippen LogP contribution in [-0.2, 0) is 6.42 Å². The fourth-order valence-corrected chi connectivity index (χ4v) is 2.10. The zero-order valence-corrected chi connectivity index (χ0v) is 7.83. The van der Waals surface area contributed by atoms with Crippen LogP contribution in [0.4, 0.5) is 5.82 Å². The Bertz CT molecular complexity index is 264. The largest absolute Gasteiger partial charge is 0.381 e. The zero-order chi connectivity index (χ0) is 9.10. The monoisotopic (exact) mass is 180 g/mol. The summed E-state index contributed by atoms with van der Waals surface area (Å²) in [5.74, 6) is 2.25. The van der Waals surface area contributed by atoms with Gasteiger partial charge in [0.15, 0.2) is 5.82 Å². The van der Waals surface area contributed by atoms with E-state index in [1.54, 1.807) is 0 Å². The van der Waals surface area contributed by atoms with E-state index < -0.39 is 0 Å². The number of hydrogen-bond donors (Lipinski definition) is 1. The van der Waals surface area contributed by atoms with Crippen LogP contribution in [0.3, 0.4) is 0 Å². The van der Waals surface area contributed by atoms with Gasteiger partial charge in [-0.05, 0) is 5.92 Å². The molecule has 1 aromatic heterocycles. The standard InChI is InChI=1S/C10H16N2O/c11-10-7-9(13-12-10)6-8-4-2-1-3-5-8/h7-8H,1-6H2,(H2,11,12). The van der Waals surface area contributed by atoms with Crippen LogP contribution >= 0.6 is 0 Å². The van der Waals surface area contributed by atoms with Crippen LogP contribution in [0, 0.1) is 5.92 Å². The second-order valence-electron chi connectivity index (χ2n) is 3.93. The fourth-order valence-electron chi connectivity index (χ4n) is 2.10. The normalized spacial score (nSPS) is 19.1. The Morgan fingerprint density at radius 3 is 2.77 bits per heavy atom. The van der Waals surface area contributed by atoms with Gasteiger partial charge < -0.3 is 10.3 Å². The Hall–Kier alpha value is -0.990. The summed E-state index contributed by atoms with van der Waals surface area (Å²) in [4.78, 5) is 0. The molecule has 3 nitrogen and oxygen atoms in total. The molecule has 1 saturated carbocycles. The average Bonchev–Trinajstić information content (AvgIpc) is 2.53. The topological polar surface area (TPSA) is 52.0 Å². The van der Waals surface area contributed by atoms with Crippen LogP contribution in [0.25, 0.3) is 0 Å². The molecule has 0 saturated heterocycles. The molecule has 1 heterocycles. The molecule has 1 fully saturated rings. The van der Waals surface area contributed by atoms with Crippen molar-refractivity contribution in [2.45, 2.75) is 38.5 Å². The molecule has 0 radical (unpaired) electrons. The van der Waals surface area contributed by atoms with Crippen LogP contribution in [0.15, 0.2) is 10.6 Å². The molecular weight excluding hydrogens is 164 g/mol. The van der Waals surface area contributed by atoms with Crippen molar-refractivity contribution in [3.63, 3.8) is 0 Å². The average molecular weight is 180 g/mol. The van der Waals surface area contributed by atoms with E-state index in [-0.39, 0.29) is 0 Å². The molecule has 0 unspecified atom stereocenters. The molecule has 0 atom stereocenters. The van der Waals surface area contributed by atoms with Gasteiger partial charge in [-0.2, -0.15) is 0 Å². The van der Waals surface area contributed by atoms with Crippen LogP contribution in [0.1, 0.15) is 37.9 Å². The minimum Gasteiger partial charge on any atom is -0.381 e. The Morgan fingerprint density at radius 1 is 1.38 bits per heavy atom. The highest BCUT2D eigenvalue weighted by molar-refractivity contribution is 5.26. The maximum absolute atomic E-state index is 5.48. The minimum absolute atomic E-state index is 0.505. The lowest BCUT2D eigenvalue weighted by Crippen LogP contribution is -2.08. The Balaban J connectivity index is 1.89. The Kier molecular flexibility index (Phi) is 2.52. The van der Waals surface area contributed by atoms with Gasteiger partial charge >= 0.3 is 0 Å². The molecule has 0 aliphatic heterocycles. The summed E-state index contributed by atoms with van der Waals surface area (Å²) in [5.41, 5.74) is 5.48. The van der Waals surface area contributed by atoms with Crippen molar-refractivity contribution in [3.05, 3.63) is 11.8 Å². The number of nitrogens with two attached hydrogens (primary N) is 1. The van der Waals surface area contributed by atoms with Gasteiger partial charge in [0.25, 0.3) is 0 Å². The van der Waals surface area contributed by atoms with Crippen molar-refractivity contribution in [1.29, 1.82) is 0 Å². The first-order valence-electron chi connectivity index (χ1n) is 5.05. The van der Waals surface area contributed by atoms with Crippen LogP contribution < -0.4 is 5.73 Å². The number of nitrogen functional groups attached to an aromatic ring is 1. The van der Waals surface area contributed by atoms with Crippen molar-refractivity contribution in [2.24, 2.45) is 5.92 Å². The third kappa shape index (κ3) is 2.23. The smallest absolute Gasteiger partial charge is 0.167 e. The number of aromatic nitrogens is 1. The summed E-state index contributed by atoms with van der Waals surface area (Å²) in [6.07, 6.45) is 7.82. The molecule has 0 spiro atoms. The molecular formula is C10H16N2O. The van der Waals surface area contributed by atoms with Gasteiger partial charge in [0.2, 0.25) is 0 Å². The van der Waals surface area contributed by atoms with Crippen LogP contribution in [-0.4, -0.2) is 5.16 Å². The number of hydrogen-bond acceptors (Lipinski definition) is 3. The van der Waals surface area contributed by atoms with Gasteiger partial charge in [0.05, 0.1) is 0 Å². The first-order valence-corrected chi connectivity index (χ1v) is 5.05. The van der Waals surface area contributed by atoms with E-state index in [4.69, 9.17) is 10.3 Å². The molecule has 72 valence electrons. The van der Waals surface area contributed by atoms with Crippen molar-refractivity contribution < 1.29 is 4.52 Å². The number of rotatable bonds is 2. The van der Waals surface area contributed by atoms with Crippen LogP contribution in [0.2, 0.25) is 0 Å². The molecule has 1 aliphatic carbocycles. The van der Waals surface area contributed by atoms with Crippen molar-refractivity contribution in [1.82, 2.24) is 5.16 Å². The highest BCUT2D eigenvalue weighted by Gasteiger charge is 2.15. The van der Waals surface area contributed by atoms with E-state index in [9.17, 15) is 0 Å². The summed E-state index contributed by atoms with van der Waals surface area (Å²) in [6.45, 7) is 0. The highest BCUT2D eigenvalue weighted by Crippen LogP contribution is 2.27. The van der Waals surface area contributed by atoms with Gasteiger partial charge in [-0.1, -0.05) is 37.3 Å². The second kappa shape index (κ2) is 3.81. The SMILES string of the molecule is Nc1cc(CC2CCCCC2)on1. The van der Waals surface area contributed by atoms with Gasteiger partial charge in [-0.3, -0.25) is 0 Å². The lowest BCUT2D eigenvalue weighted by molar-refractivity contribution is 0.310. The van der Waals surface area contributed by atoms with E-state index >= 15 is 0 Å². The van der Waals surface area contributed by atoms with E-state index in [1.807, 2.05) is 6.07 Å². The first kappa shape index (κ1) is 8.60. The molecule has 1 aromatic rings. The molecule has 3 heteroatoms. The van der Waals surface area contributed by atoms with Crippen molar-refractivity contribution in [3.8, 4) is 0 Å². The minimum atomic E-state index is 0.505. The van der Waals surface area contributed by atoms with Gasteiger partial charge in [0, 0.05) is 12.5 Å². The first-order chi connectivity index (χ1) is 6.34.